The maximum Gasteiger partial charge on any atom is 0.305 e. The molecule has 1 saturated heterocycles. The zero-order chi connectivity index (χ0) is 71.4. The lowest BCUT2D eigenvalue weighted by atomic mass is 10.0. The Morgan fingerprint density at radius 2 is 1.23 bits per heavy atom. The number of aromatic nitrogens is 4. The van der Waals surface area contributed by atoms with Crippen molar-refractivity contribution in [2.75, 3.05) is 31.1 Å². The van der Waals surface area contributed by atoms with Gasteiger partial charge in [-0.3, -0.25) is 52.7 Å². The van der Waals surface area contributed by atoms with Gasteiger partial charge >= 0.3 is 5.97 Å². The number of H-pyrrole nitrogens is 3. The number of carboxylic acids is 1. The van der Waals surface area contributed by atoms with Gasteiger partial charge in [0.15, 0.2) is 0 Å². The lowest BCUT2D eigenvalue weighted by molar-refractivity contribution is -0.143. The van der Waals surface area contributed by atoms with Crippen LogP contribution in [0.4, 0.5) is 8.78 Å². The molecule has 16 N–H and O–H groups in total. The van der Waals surface area contributed by atoms with E-state index in [0.29, 0.717) is 75.6 Å². The highest BCUT2D eigenvalue weighted by Crippen LogP contribution is 2.26. The van der Waals surface area contributed by atoms with Crippen LogP contribution in [0.25, 0.3) is 21.8 Å². The quantitative estimate of drug-likeness (QED) is 0.0656. The molecular formula is C68H78ClF2N15O12S2. The summed E-state index contributed by atoms with van der Waals surface area (Å²) in [5.74, 6) is -10.4. The molecule has 2 aliphatic heterocycles. The van der Waals surface area contributed by atoms with Crippen LogP contribution in [0.1, 0.15) is 78.5 Å². The molecule has 9 rings (SSSR count). The van der Waals surface area contributed by atoms with Gasteiger partial charge in [0, 0.05) is 113 Å². The lowest BCUT2D eigenvalue weighted by Gasteiger charge is -2.31. The number of aliphatic carboxylic acids is 1. The minimum absolute atomic E-state index is 0.0137. The number of benzene rings is 4. The third kappa shape index (κ3) is 21.1. The van der Waals surface area contributed by atoms with Crippen LogP contribution in [-0.2, 0) is 89.9 Å². The monoisotopic (exact) mass is 1430 g/mol. The summed E-state index contributed by atoms with van der Waals surface area (Å²) in [6.45, 7) is -0.390. The number of rotatable bonds is 15. The number of amides is 10. The SMILES string of the molecule is NCCCC[C@@H]1NC(=O)CCSCc2cccc(c2)CSC[C@@H](C(N)=O)NC(=O)[C@@H]2CCCN2C(=O)[C@H](Cc2cccc(Cl)c2)NC(=O)[C@H](Cc2cnc[nH]2)NC(=O)[C@H](CC(=O)O)NC(=O)[C@H](Cc2c[nH]c3ccc(F)cc23)NC(=O)[C@H](Cc2c[nH]c3ccc(F)cc23)NC(=O)CNC1=O. The number of aromatic amines is 3. The van der Waals surface area contributed by atoms with Crippen molar-refractivity contribution in [3.05, 3.63) is 160 Å². The number of hydrogen-bond acceptors (Lipinski definition) is 15. The first-order valence-electron chi connectivity index (χ1n) is 32.4. The molecule has 32 heteroatoms. The van der Waals surface area contributed by atoms with Crippen molar-refractivity contribution < 1.29 is 66.6 Å². The van der Waals surface area contributed by atoms with Crippen LogP contribution in [0, 0.1) is 11.6 Å². The number of nitrogens with zero attached hydrogens (tertiary/aromatic N) is 2. The zero-order valence-corrected chi connectivity index (χ0v) is 56.6. The van der Waals surface area contributed by atoms with Crippen LogP contribution in [0.3, 0.4) is 0 Å². The average molecular weight is 1440 g/mol. The van der Waals surface area contributed by atoms with E-state index in [1.54, 1.807) is 24.3 Å². The molecule has 0 unspecified atom stereocenters. The molecule has 5 heterocycles. The van der Waals surface area contributed by atoms with Gasteiger partial charge in [-0.05, 0) is 115 Å². The highest BCUT2D eigenvalue weighted by atomic mass is 35.5. The second-order valence-corrected chi connectivity index (χ2v) is 27.0. The minimum atomic E-state index is -2.03. The number of halogens is 3. The van der Waals surface area contributed by atoms with Crippen molar-refractivity contribution in [2.24, 2.45) is 11.5 Å². The molecule has 8 atom stereocenters. The van der Waals surface area contributed by atoms with Gasteiger partial charge in [0.25, 0.3) is 0 Å². The number of carboxylic acid groups (broad SMARTS) is 1. The Labute approximate surface area is 586 Å². The molecule has 0 aliphatic carbocycles. The lowest BCUT2D eigenvalue weighted by Crippen LogP contribution is -2.61. The second kappa shape index (κ2) is 35.8. The van der Waals surface area contributed by atoms with Gasteiger partial charge in [0.2, 0.25) is 59.1 Å². The largest absolute Gasteiger partial charge is 0.481 e. The Morgan fingerprint density at radius 1 is 0.630 bits per heavy atom. The highest BCUT2D eigenvalue weighted by Gasteiger charge is 2.41. The molecule has 1 fully saturated rings. The van der Waals surface area contributed by atoms with E-state index in [1.807, 2.05) is 24.3 Å². The van der Waals surface area contributed by atoms with E-state index in [9.17, 15) is 52.2 Å². The molecule has 0 spiro atoms. The summed E-state index contributed by atoms with van der Waals surface area (Å²) in [5, 5.41) is 32.2. The summed E-state index contributed by atoms with van der Waals surface area (Å²) in [4.78, 5) is 171. The van der Waals surface area contributed by atoms with Crippen LogP contribution in [0.5, 0.6) is 0 Å². The summed E-state index contributed by atoms with van der Waals surface area (Å²) in [7, 11) is 0. The topological polar surface area (TPSA) is 420 Å². The van der Waals surface area contributed by atoms with Gasteiger partial charge < -0.3 is 79.0 Å². The fourth-order valence-corrected chi connectivity index (χ4v) is 14.0. The maximum atomic E-state index is 15.0. The number of hydrogen-bond donors (Lipinski definition) is 14. The van der Waals surface area contributed by atoms with E-state index in [1.165, 1.54) is 89.7 Å². The van der Waals surface area contributed by atoms with E-state index < -0.39 is 144 Å². The Balaban J connectivity index is 1.05. The normalized spacial score (nSPS) is 22.1. The molecular weight excluding hydrogens is 1360 g/mol. The first kappa shape index (κ1) is 74.4. The van der Waals surface area contributed by atoms with Gasteiger partial charge in [-0.15, -0.1) is 0 Å². The summed E-state index contributed by atoms with van der Waals surface area (Å²) in [6.07, 6.45) is 4.63. The molecule has 100 heavy (non-hydrogen) atoms. The second-order valence-electron chi connectivity index (χ2n) is 24.4. The number of imidazole rings is 1. The summed E-state index contributed by atoms with van der Waals surface area (Å²) in [5.41, 5.74) is 15.6. The molecule has 0 radical (unpaired) electrons. The molecule has 3 aromatic heterocycles. The van der Waals surface area contributed by atoms with Crippen LogP contribution >= 0.6 is 35.1 Å². The third-order valence-corrected chi connectivity index (χ3v) is 19.3. The first-order chi connectivity index (χ1) is 48.1. The predicted octanol–water partition coefficient (Wildman–Crippen LogP) is 2.73. The van der Waals surface area contributed by atoms with E-state index in [2.05, 4.69) is 62.5 Å². The molecule has 4 aromatic carbocycles. The molecule has 2 aliphatic rings. The minimum Gasteiger partial charge on any atom is -0.481 e. The predicted molar refractivity (Wildman–Crippen MR) is 370 cm³/mol. The fraction of sp³-hybridized carbons (Fsp3) is 0.382. The van der Waals surface area contributed by atoms with E-state index >= 15 is 14.4 Å². The van der Waals surface area contributed by atoms with Crippen molar-refractivity contribution >= 4 is 122 Å². The molecule has 0 saturated carbocycles. The number of thioether (sulfide) groups is 2. The Hall–Kier alpha value is -9.85. The Bertz CT molecular complexity index is 4120. The Morgan fingerprint density at radius 3 is 1.85 bits per heavy atom. The van der Waals surface area contributed by atoms with Crippen LogP contribution in [-0.4, -0.2) is 174 Å². The van der Waals surface area contributed by atoms with E-state index in [-0.39, 0.29) is 67.5 Å². The zero-order valence-electron chi connectivity index (χ0n) is 54.2. The highest BCUT2D eigenvalue weighted by molar-refractivity contribution is 7.98. The number of nitrogens with one attached hydrogen (secondary N) is 11. The van der Waals surface area contributed by atoms with Crippen molar-refractivity contribution in [3.8, 4) is 0 Å². The van der Waals surface area contributed by atoms with Gasteiger partial charge in [-0.1, -0.05) is 48.0 Å². The van der Waals surface area contributed by atoms with Crippen LogP contribution in [0.2, 0.25) is 5.02 Å². The van der Waals surface area contributed by atoms with E-state index in [4.69, 9.17) is 23.1 Å². The first-order valence-corrected chi connectivity index (χ1v) is 35.1. The van der Waals surface area contributed by atoms with Crippen molar-refractivity contribution in [1.82, 2.24) is 67.4 Å². The number of carbonyl (C=O) groups is 11. The van der Waals surface area contributed by atoms with Crippen LogP contribution in [0.15, 0.2) is 110 Å². The van der Waals surface area contributed by atoms with Gasteiger partial charge in [-0.2, -0.15) is 23.5 Å². The third-order valence-electron chi connectivity index (χ3n) is 17.0. The number of carbonyl (C=O) groups excluding carboxylic acids is 10. The number of unbranched alkanes of at least 4 members (excludes halogenated alkanes) is 1. The van der Waals surface area contributed by atoms with Crippen molar-refractivity contribution in [1.29, 1.82) is 0 Å². The van der Waals surface area contributed by atoms with Crippen molar-refractivity contribution in [3.63, 3.8) is 0 Å². The molecule has 27 nitrogen and oxygen atoms in total. The summed E-state index contributed by atoms with van der Waals surface area (Å²) in [6, 6.07) is 9.71. The van der Waals surface area contributed by atoms with E-state index in [0.717, 1.165) is 11.1 Å². The summed E-state index contributed by atoms with van der Waals surface area (Å²) >= 11 is 9.21. The van der Waals surface area contributed by atoms with Gasteiger partial charge in [0.1, 0.15) is 60.0 Å². The Kier molecular flexibility index (Phi) is 26.6. The molecule has 2 bridgehead atoms. The molecule has 530 valence electrons. The standard InChI is InChI=1S/C68H78ClF2N15O12S2/c69-42-9-4-6-37(21-42)22-55-68(98)86-18-5-11-57(86)67(97)85-56(61(73)91)35-100-34-39-8-3-7-38(20-39)33-99-19-16-58(87)79-50(10-1-2-17-72)62(92)77-32-59(88)80-51(23-40-29-75-48-14-12-43(70)25-46(40)48)63(93)81-52(24-41-30-76-49-15-13-44(71)26-47(41)49)64(94)83-54(28-60(89)90)66(96)82-53(65(95)84-55)27-45-31-74-36-78-45/h3-4,6-9,12-15,20-21,25-26,29-31,36,50-57,75-76H,1-2,5,10-11,16-19,22-24,27-28,32-35,72H2,(H2,73,91)(H,74,78)(H,77,92)(H,79,87)(H,80,88)(H,81,93)(H,82,96)(H,83,94)(H,84,95)(H,85,97)(H,89,90)/t50-,51-,52-,53-,54-,55-,56-,57-/m0/s1. The molecule has 10 amide bonds. The fourth-order valence-electron chi connectivity index (χ4n) is 11.9. The summed E-state index contributed by atoms with van der Waals surface area (Å²) < 4.78 is 29.8. The molecule has 7 aromatic rings. The number of nitrogens with two attached hydrogens (primary N) is 2. The maximum absolute atomic E-state index is 15.0. The number of primary amides is 1. The van der Waals surface area contributed by atoms with Gasteiger partial charge in [-0.25, -0.2) is 13.8 Å². The van der Waals surface area contributed by atoms with Crippen molar-refractivity contribution in [2.45, 2.75) is 130 Å². The smallest absolute Gasteiger partial charge is 0.305 e. The van der Waals surface area contributed by atoms with Gasteiger partial charge in [0.05, 0.1) is 19.3 Å². The average Bonchev–Trinajstić information content (AvgIpc) is 1.64. The number of fused-ring (bicyclic) bond motifs is 5. The van der Waals surface area contributed by atoms with Crippen LogP contribution < -0.4 is 54.0 Å².